The fraction of sp³-hybridized carbons (Fsp3) is 0.647. The smallest absolute Gasteiger partial charge is 0.302 e. The van der Waals surface area contributed by atoms with Crippen molar-refractivity contribution in [3.8, 4) is 0 Å². The first-order valence-electron chi connectivity index (χ1n) is 7.44. The molecule has 2 aliphatic rings. The summed E-state index contributed by atoms with van der Waals surface area (Å²) in [5, 5.41) is 0. The Bertz CT molecular complexity index is 473. The Hall–Kier alpha value is -1.38. The number of rotatable bonds is 3. The Morgan fingerprint density at radius 3 is 2.70 bits per heavy atom. The predicted molar refractivity (Wildman–Crippen MR) is 78.1 cm³/mol. The maximum absolute atomic E-state index is 11.9. The maximum Gasteiger partial charge on any atom is 0.302 e. The molecule has 20 heavy (non-hydrogen) atoms. The van der Waals surface area contributed by atoms with Crippen LogP contribution in [0, 0.1) is 17.8 Å². The number of hydrogen-bond acceptors (Lipinski definition) is 3. The molecule has 0 aliphatic heterocycles. The van der Waals surface area contributed by atoms with Crippen LogP contribution in [0.2, 0.25) is 0 Å². The Balaban J connectivity index is 2.12. The third-order valence-corrected chi connectivity index (χ3v) is 4.91. The Kier molecular flexibility index (Phi) is 4.46. The van der Waals surface area contributed by atoms with Gasteiger partial charge in [0.05, 0.1) is 0 Å². The average Bonchev–Trinajstić information content (AvgIpc) is 2.58. The van der Waals surface area contributed by atoms with E-state index in [1.54, 1.807) is 0 Å². The number of hydrogen-bond donors (Lipinski definition) is 0. The van der Waals surface area contributed by atoms with Gasteiger partial charge in [0, 0.05) is 13.3 Å². The number of carbonyl (C=O) groups excluding carboxylic acids is 2. The molecule has 2 rings (SSSR count). The normalized spacial score (nSPS) is 29.9. The highest BCUT2D eigenvalue weighted by Gasteiger charge is 2.37. The van der Waals surface area contributed by atoms with E-state index in [1.165, 1.54) is 12.5 Å². The number of Topliss-reactive ketones (excluding diaryl/α,β-unsaturated/α-hetero) is 1. The Morgan fingerprint density at radius 2 is 2.05 bits per heavy atom. The second kappa shape index (κ2) is 5.94. The van der Waals surface area contributed by atoms with E-state index in [2.05, 4.69) is 13.5 Å². The number of esters is 1. The lowest BCUT2D eigenvalue weighted by Gasteiger charge is -2.19. The molecule has 1 saturated carbocycles. The van der Waals surface area contributed by atoms with Crippen LogP contribution in [0.4, 0.5) is 0 Å². The summed E-state index contributed by atoms with van der Waals surface area (Å²) >= 11 is 0. The largest absolute Gasteiger partial charge is 0.461 e. The van der Waals surface area contributed by atoms with E-state index >= 15 is 0 Å². The Labute approximate surface area is 121 Å². The topological polar surface area (TPSA) is 43.4 Å². The van der Waals surface area contributed by atoms with E-state index in [9.17, 15) is 9.59 Å². The van der Waals surface area contributed by atoms with Crippen LogP contribution in [0.5, 0.6) is 0 Å². The lowest BCUT2D eigenvalue weighted by molar-refractivity contribution is -0.140. The fourth-order valence-electron chi connectivity index (χ4n) is 3.48. The second-order valence-electron chi connectivity index (χ2n) is 6.28. The molecule has 1 fully saturated rings. The maximum atomic E-state index is 11.9. The molecule has 0 saturated heterocycles. The first-order valence-corrected chi connectivity index (χ1v) is 7.44. The van der Waals surface area contributed by atoms with Gasteiger partial charge in [0.25, 0.3) is 0 Å². The zero-order valence-corrected chi connectivity index (χ0v) is 12.7. The standard InChI is InChI=1S/C17H24O3/c1-10-5-6-14(11(2)9-20-13(4)18)7-16-12(3)17(19)8-15(10)16/h10,14-15H,2,5-9H2,1,3-4H3. The van der Waals surface area contributed by atoms with Gasteiger partial charge in [-0.25, -0.2) is 0 Å². The number of ketones is 1. The van der Waals surface area contributed by atoms with Gasteiger partial charge in [0.2, 0.25) is 0 Å². The van der Waals surface area contributed by atoms with Crippen molar-refractivity contribution < 1.29 is 14.3 Å². The van der Waals surface area contributed by atoms with Crippen LogP contribution >= 0.6 is 0 Å². The van der Waals surface area contributed by atoms with Crippen molar-refractivity contribution in [1.82, 2.24) is 0 Å². The van der Waals surface area contributed by atoms with Gasteiger partial charge in [-0.1, -0.05) is 19.1 Å². The van der Waals surface area contributed by atoms with Crippen molar-refractivity contribution in [2.75, 3.05) is 6.61 Å². The van der Waals surface area contributed by atoms with Crippen molar-refractivity contribution in [2.24, 2.45) is 17.8 Å². The highest BCUT2D eigenvalue weighted by molar-refractivity contribution is 5.98. The minimum Gasteiger partial charge on any atom is -0.461 e. The summed E-state index contributed by atoms with van der Waals surface area (Å²) in [6.45, 7) is 10.0. The molecule has 0 spiro atoms. The van der Waals surface area contributed by atoms with E-state index in [-0.39, 0.29) is 5.97 Å². The number of fused-ring (bicyclic) bond motifs is 1. The fourth-order valence-corrected chi connectivity index (χ4v) is 3.48. The van der Waals surface area contributed by atoms with Crippen molar-refractivity contribution in [3.05, 3.63) is 23.3 Å². The van der Waals surface area contributed by atoms with Crippen LogP contribution in [-0.4, -0.2) is 18.4 Å². The van der Waals surface area contributed by atoms with Crippen LogP contribution in [-0.2, 0) is 14.3 Å². The summed E-state index contributed by atoms with van der Waals surface area (Å²) in [6.07, 6.45) is 3.78. The van der Waals surface area contributed by atoms with Gasteiger partial charge in [-0.15, -0.1) is 0 Å². The van der Waals surface area contributed by atoms with Crippen LogP contribution in [0.1, 0.15) is 46.5 Å². The van der Waals surface area contributed by atoms with Gasteiger partial charge in [-0.3, -0.25) is 9.59 Å². The van der Waals surface area contributed by atoms with Crippen LogP contribution in [0.25, 0.3) is 0 Å². The number of ether oxygens (including phenoxy) is 1. The quantitative estimate of drug-likeness (QED) is 0.586. The molecule has 0 aromatic heterocycles. The molecule has 3 atom stereocenters. The Morgan fingerprint density at radius 1 is 1.35 bits per heavy atom. The molecule has 0 heterocycles. The van der Waals surface area contributed by atoms with Gasteiger partial charge >= 0.3 is 5.97 Å². The third-order valence-electron chi connectivity index (χ3n) is 4.91. The molecule has 0 radical (unpaired) electrons. The lowest BCUT2D eigenvalue weighted by Crippen LogP contribution is -2.11. The molecule has 0 aromatic carbocycles. The molecular formula is C17H24O3. The van der Waals surface area contributed by atoms with Gasteiger partial charge in [0.1, 0.15) is 6.61 Å². The lowest BCUT2D eigenvalue weighted by atomic mass is 9.86. The molecule has 2 aliphatic carbocycles. The summed E-state index contributed by atoms with van der Waals surface area (Å²) in [5.41, 5.74) is 3.27. The van der Waals surface area contributed by atoms with E-state index < -0.39 is 0 Å². The van der Waals surface area contributed by atoms with Crippen LogP contribution < -0.4 is 0 Å². The number of carbonyl (C=O) groups is 2. The van der Waals surface area contributed by atoms with Crippen LogP contribution in [0.15, 0.2) is 23.3 Å². The van der Waals surface area contributed by atoms with E-state index in [4.69, 9.17) is 4.74 Å². The monoisotopic (exact) mass is 276 g/mol. The third kappa shape index (κ3) is 3.02. The molecule has 3 nitrogen and oxygen atoms in total. The summed E-state index contributed by atoms with van der Waals surface area (Å²) in [4.78, 5) is 22.9. The van der Waals surface area contributed by atoms with Gasteiger partial charge in [-0.05, 0) is 55.1 Å². The highest BCUT2D eigenvalue weighted by atomic mass is 16.5. The zero-order valence-electron chi connectivity index (χ0n) is 12.7. The second-order valence-corrected chi connectivity index (χ2v) is 6.28. The van der Waals surface area contributed by atoms with Crippen LogP contribution in [0.3, 0.4) is 0 Å². The van der Waals surface area contributed by atoms with Crippen molar-refractivity contribution in [1.29, 1.82) is 0 Å². The van der Waals surface area contributed by atoms with Gasteiger partial charge < -0.3 is 4.74 Å². The van der Waals surface area contributed by atoms with E-state index in [1.807, 2.05) is 6.92 Å². The molecule has 0 amide bonds. The molecule has 0 N–H and O–H groups in total. The molecule has 0 aromatic rings. The molecule has 110 valence electrons. The average molecular weight is 276 g/mol. The minimum atomic E-state index is -0.266. The van der Waals surface area contributed by atoms with Crippen molar-refractivity contribution in [3.63, 3.8) is 0 Å². The predicted octanol–water partition coefficient (Wildman–Crippen LogP) is 3.45. The minimum absolute atomic E-state index is 0.266. The molecular weight excluding hydrogens is 252 g/mol. The van der Waals surface area contributed by atoms with Gasteiger partial charge in [-0.2, -0.15) is 0 Å². The first kappa shape index (κ1) is 15.0. The molecule has 3 heteroatoms. The molecule has 3 unspecified atom stereocenters. The first-order chi connectivity index (χ1) is 9.40. The van der Waals surface area contributed by atoms with Crippen molar-refractivity contribution in [2.45, 2.75) is 46.5 Å². The van der Waals surface area contributed by atoms with E-state index in [0.29, 0.717) is 36.6 Å². The summed E-state index contributed by atoms with van der Waals surface area (Å²) < 4.78 is 5.06. The summed E-state index contributed by atoms with van der Waals surface area (Å²) in [5.74, 6) is 1.35. The van der Waals surface area contributed by atoms with Gasteiger partial charge in [0.15, 0.2) is 5.78 Å². The molecule has 0 bridgehead atoms. The highest BCUT2D eigenvalue weighted by Crippen LogP contribution is 2.45. The summed E-state index contributed by atoms with van der Waals surface area (Å²) in [7, 11) is 0. The van der Waals surface area contributed by atoms with E-state index in [0.717, 1.165) is 30.4 Å². The number of allylic oxidation sites excluding steroid dienone is 2. The summed E-state index contributed by atoms with van der Waals surface area (Å²) in [6, 6.07) is 0. The SMILES string of the molecule is C=C(COC(C)=O)C1CCC(C)C2CC(=O)C(C)=C2C1. The zero-order chi connectivity index (χ0) is 14.9. The van der Waals surface area contributed by atoms with Crippen molar-refractivity contribution >= 4 is 11.8 Å².